The van der Waals surface area contributed by atoms with Crippen molar-refractivity contribution in [3.8, 4) is 0 Å². The van der Waals surface area contributed by atoms with Crippen LogP contribution in [-0.4, -0.2) is 34.2 Å². The van der Waals surface area contributed by atoms with Crippen molar-refractivity contribution in [2.24, 2.45) is 0 Å². The lowest BCUT2D eigenvalue weighted by Gasteiger charge is -2.44. The normalized spacial score (nSPS) is 19.0. The highest BCUT2D eigenvalue weighted by molar-refractivity contribution is 5.85. The molecule has 0 bridgehead atoms. The van der Waals surface area contributed by atoms with Crippen molar-refractivity contribution in [1.29, 1.82) is 0 Å². The molecule has 178 valence electrons. The molecule has 0 unspecified atom stereocenters. The van der Waals surface area contributed by atoms with Crippen molar-refractivity contribution >= 4 is 23.0 Å². The number of carbonyl (C=O) groups is 1. The molecule has 34 heavy (non-hydrogen) atoms. The number of benzene rings is 2. The van der Waals surface area contributed by atoms with Crippen molar-refractivity contribution in [3.63, 3.8) is 0 Å². The van der Waals surface area contributed by atoms with Gasteiger partial charge in [0.05, 0.1) is 6.04 Å². The molecule has 3 aromatic rings. The van der Waals surface area contributed by atoms with Crippen LogP contribution >= 0.6 is 0 Å². The number of carboxylic acid groups (broad SMARTS) is 1. The van der Waals surface area contributed by atoms with Gasteiger partial charge in [0.15, 0.2) is 0 Å². The number of hydrogen-bond acceptors (Lipinski definition) is 4. The van der Waals surface area contributed by atoms with Crippen molar-refractivity contribution < 1.29 is 27.5 Å². The molecule has 5 nitrogen and oxygen atoms in total. The maximum Gasteiger partial charge on any atom is 0.336 e. The molecule has 0 spiro atoms. The summed E-state index contributed by atoms with van der Waals surface area (Å²) in [6.07, 6.45) is 2.37. The summed E-state index contributed by atoms with van der Waals surface area (Å²) in [5.74, 6) is -2.97. The second-order valence-corrected chi connectivity index (χ2v) is 9.26. The summed E-state index contributed by atoms with van der Waals surface area (Å²) >= 11 is 0. The summed E-state index contributed by atoms with van der Waals surface area (Å²) < 4.78 is 50.9. The quantitative estimate of drug-likeness (QED) is 0.406. The van der Waals surface area contributed by atoms with Crippen molar-refractivity contribution in [1.82, 2.24) is 4.90 Å². The van der Waals surface area contributed by atoms with E-state index in [1.807, 2.05) is 6.92 Å². The Bertz CT molecular complexity index is 1330. The maximum absolute atomic E-state index is 15.4. The SMILES string of the molecule is C[C@@H]1Cc2cc3oc(=O)ccc3cc2[C@@H](c2c(F)cc(/C=C/C(=O)O)cc2F)N1CC(C)(C)F. The summed E-state index contributed by atoms with van der Waals surface area (Å²) in [5, 5.41) is 9.40. The van der Waals surface area contributed by atoms with Crippen LogP contribution in [0.5, 0.6) is 0 Å². The maximum atomic E-state index is 15.4. The number of carboxylic acids is 1. The van der Waals surface area contributed by atoms with Crippen LogP contribution in [0.4, 0.5) is 13.2 Å². The average Bonchev–Trinajstić information content (AvgIpc) is 2.71. The van der Waals surface area contributed by atoms with Crippen LogP contribution in [0.25, 0.3) is 17.0 Å². The van der Waals surface area contributed by atoms with Gasteiger partial charge in [0, 0.05) is 35.7 Å². The third-order valence-electron chi connectivity index (χ3n) is 5.94. The van der Waals surface area contributed by atoms with Crippen LogP contribution in [0, 0.1) is 11.6 Å². The summed E-state index contributed by atoms with van der Waals surface area (Å²) in [4.78, 5) is 24.2. The highest BCUT2D eigenvalue weighted by atomic mass is 19.1. The molecule has 1 N–H and O–H groups in total. The van der Waals surface area contributed by atoms with Gasteiger partial charge in [-0.25, -0.2) is 22.8 Å². The number of fused-ring (bicyclic) bond motifs is 2. The average molecular weight is 471 g/mol. The number of alkyl halides is 1. The zero-order valence-electron chi connectivity index (χ0n) is 18.9. The monoisotopic (exact) mass is 471 g/mol. The number of hydrogen-bond donors (Lipinski definition) is 1. The molecule has 4 rings (SSSR count). The third-order valence-corrected chi connectivity index (χ3v) is 5.94. The number of halogens is 3. The van der Waals surface area contributed by atoms with E-state index in [0.29, 0.717) is 23.0 Å². The Balaban J connectivity index is 1.94. The zero-order valence-corrected chi connectivity index (χ0v) is 18.9. The Morgan fingerprint density at radius 3 is 2.50 bits per heavy atom. The largest absolute Gasteiger partial charge is 0.478 e. The van der Waals surface area contributed by atoms with Gasteiger partial charge in [-0.2, -0.15) is 0 Å². The van der Waals surface area contributed by atoms with Crippen LogP contribution in [0.2, 0.25) is 0 Å². The molecule has 0 amide bonds. The minimum absolute atomic E-state index is 0.0582. The van der Waals surface area contributed by atoms with Gasteiger partial charge in [0.1, 0.15) is 22.9 Å². The van der Waals surface area contributed by atoms with E-state index in [1.165, 1.54) is 19.9 Å². The second-order valence-electron chi connectivity index (χ2n) is 9.26. The molecule has 0 saturated carbocycles. The smallest absolute Gasteiger partial charge is 0.336 e. The van der Waals surface area contributed by atoms with Crippen LogP contribution in [0.1, 0.15) is 49.1 Å². The molecule has 2 aromatic carbocycles. The first-order chi connectivity index (χ1) is 15.9. The van der Waals surface area contributed by atoms with Crippen molar-refractivity contribution in [2.45, 2.75) is 44.9 Å². The molecule has 2 atom stereocenters. The van der Waals surface area contributed by atoms with Gasteiger partial charge < -0.3 is 9.52 Å². The first kappa shape index (κ1) is 23.8. The molecular formula is C26H24F3NO4. The van der Waals surface area contributed by atoms with Crippen molar-refractivity contribution in [3.05, 3.63) is 86.8 Å². The van der Waals surface area contributed by atoms with Gasteiger partial charge in [-0.15, -0.1) is 0 Å². The van der Waals surface area contributed by atoms with Gasteiger partial charge in [0.2, 0.25) is 0 Å². The molecule has 0 saturated heterocycles. The first-order valence-corrected chi connectivity index (χ1v) is 10.8. The van der Waals surface area contributed by atoms with Gasteiger partial charge in [-0.05, 0) is 80.3 Å². The summed E-state index contributed by atoms with van der Waals surface area (Å²) in [6.45, 7) is 4.61. The number of aliphatic carboxylic acids is 1. The van der Waals surface area contributed by atoms with Crippen LogP contribution < -0.4 is 5.63 Å². The fourth-order valence-electron chi connectivity index (χ4n) is 4.61. The lowest BCUT2D eigenvalue weighted by Crippen LogP contribution is -2.48. The first-order valence-electron chi connectivity index (χ1n) is 10.8. The minimum atomic E-state index is -1.63. The lowest BCUT2D eigenvalue weighted by molar-refractivity contribution is -0.131. The Labute approximate surface area is 194 Å². The summed E-state index contributed by atoms with van der Waals surface area (Å²) in [5.41, 5.74) is -0.618. The van der Waals surface area contributed by atoms with E-state index >= 15 is 8.78 Å². The minimum Gasteiger partial charge on any atom is -0.478 e. The van der Waals surface area contributed by atoms with Crippen LogP contribution in [0.3, 0.4) is 0 Å². The molecule has 1 aromatic heterocycles. The van der Waals surface area contributed by atoms with Gasteiger partial charge in [0.25, 0.3) is 0 Å². The highest BCUT2D eigenvalue weighted by Gasteiger charge is 2.39. The van der Waals surface area contributed by atoms with E-state index in [0.717, 1.165) is 29.8 Å². The van der Waals surface area contributed by atoms with E-state index in [-0.39, 0.29) is 23.7 Å². The third kappa shape index (κ3) is 4.77. The van der Waals surface area contributed by atoms with Gasteiger partial charge in [-0.3, -0.25) is 4.90 Å². The molecular weight excluding hydrogens is 447 g/mol. The molecule has 0 aliphatic carbocycles. The van der Waals surface area contributed by atoms with E-state index in [9.17, 15) is 14.0 Å². The van der Waals surface area contributed by atoms with Crippen molar-refractivity contribution in [2.75, 3.05) is 6.54 Å². The Hall–Kier alpha value is -3.39. The predicted molar refractivity (Wildman–Crippen MR) is 122 cm³/mol. The second kappa shape index (κ2) is 8.76. The summed E-state index contributed by atoms with van der Waals surface area (Å²) in [7, 11) is 0. The fraction of sp³-hybridized carbons (Fsp3) is 0.308. The van der Waals surface area contributed by atoms with Gasteiger partial charge >= 0.3 is 11.6 Å². The van der Waals surface area contributed by atoms with E-state index in [2.05, 4.69) is 0 Å². The van der Waals surface area contributed by atoms with E-state index in [1.54, 1.807) is 23.1 Å². The predicted octanol–water partition coefficient (Wildman–Crippen LogP) is 5.25. The fourth-order valence-corrected chi connectivity index (χ4v) is 4.61. The molecule has 1 aliphatic rings. The number of rotatable bonds is 5. The molecule has 1 aliphatic heterocycles. The molecule has 8 heteroatoms. The van der Waals surface area contributed by atoms with E-state index < -0.39 is 34.9 Å². The van der Waals surface area contributed by atoms with E-state index in [4.69, 9.17) is 9.52 Å². The van der Waals surface area contributed by atoms with Crippen LogP contribution in [0.15, 0.2) is 51.7 Å². The number of nitrogens with zero attached hydrogens (tertiary/aromatic N) is 1. The molecule has 0 radical (unpaired) electrons. The molecule has 0 fully saturated rings. The Morgan fingerprint density at radius 2 is 1.88 bits per heavy atom. The topological polar surface area (TPSA) is 70.8 Å². The van der Waals surface area contributed by atoms with Gasteiger partial charge in [-0.1, -0.05) is 0 Å². The zero-order chi connectivity index (χ0) is 24.8. The standard InChI is InChI=1S/C26H24F3NO4/c1-14-8-17-12-21-16(5-7-23(33)34-21)11-18(17)25(30(14)13-26(2,3)29)24-19(27)9-15(10-20(24)28)4-6-22(31)32/h4-7,9-12,14,25H,8,13H2,1-3H3,(H,31,32)/b6-4+/t14-,25+/m1/s1. The molecule has 2 heterocycles. The summed E-state index contributed by atoms with van der Waals surface area (Å²) in [6, 6.07) is 7.18. The Kier molecular flexibility index (Phi) is 6.12. The lowest BCUT2D eigenvalue weighted by atomic mass is 9.83. The van der Waals surface area contributed by atoms with Crippen LogP contribution in [-0.2, 0) is 11.2 Å². The Morgan fingerprint density at radius 1 is 1.21 bits per heavy atom. The highest BCUT2D eigenvalue weighted by Crippen LogP contribution is 2.42.